The summed E-state index contributed by atoms with van der Waals surface area (Å²) in [5.74, 6) is 0. The van der Waals surface area contributed by atoms with Crippen molar-refractivity contribution in [1.82, 2.24) is 0 Å². The largest absolute Gasteiger partial charge is 0.265 e. The van der Waals surface area contributed by atoms with Crippen LogP contribution in [0.15, 0.2) is 29.2 Å². The van der Waals surface area contributed by atoms with Crippen molar-refractivity contribution in [3.8, 4) is 0 Å². The minimum Gasteiger partial charge on any atom is -0.265 e. The molecule has 0 bridgehead atoms. The third-order valence-corrected chi connectivity index (χ3v) is 3.06. The van der Waals surface area contributed by atoms with E-state index in [2.05, 4.69) is 0 Å². The third kappa shape index (κ3) is 3.67. The Labute approximate surface area is 87.8 Å². The first-order valence-electron chi connectivity index (χ1n) is 4.30. The number of hydrogen-bond acceptors (Lipinski definition) is 4. The van der Waals surface area contributed by atoms with Crippen LogP contribution in [-0.2, 0) is 16.3 Å². The maximum Gasteiger partial charge on any atom is 0.207 e. The lowest BCUT2D eigenvalue weighted by Gasteiger charge is -2.00. The van der Waals surface area contributed by atoms with Crippen LogP contribution in [0.5, 0.6) is 0 Å². The molecule has 0 atom stereocenters. The predicted octanol–water partition coefficient (Wildman–Crippen LogP) is 0.909. The van der Waals surface area contributed by atoms with Gasteiger partial charge in [-0.3, -0.25) is 10.1 Å². The van der Waals surface area contributed by atoms with Crippen molar-refractivity contribution in [3.05, 3.63) is 39.9 Å². The second kappa shape index (κ2) is 4.39. The van der Waals surface area contributed by atoms with Crippen LogP contribution >= 0.6 is 0 Å². The summed E-state index contributed by atoms with van der Waals surface area (Å²) in [5, 5.41) is 10.1. The second-order valence-electron chi connectivity index (χ2n) is 3.22. The first-order chi connectivity index (χ1) is 6.89. The van der Waals surface area contributed by atoms with Gasteiger partial charge in [-0.1, -0.05) is 12.1 Å². The van der Waals surface area contributed by atoms with Gasteiger partial charge < -0.3 is 0 Å². The van der Waals surface area contributed by atoms with Crippen molar-refractivity contribution in [2.45, 2.75) is 11.3 Å². The first kappa shape index (κ1) is 11.6. The van der Waals surface area contributed by atoms with Crippen molar-refractivity contribution in [1.29, 1.82) is 0 Å². The Bertz CT molecular complexity index is 450. The van der Waals surface area contributed by atoms with Crippen LogP contribution in [-0.4, -0.2) is 26.1 Å². The molecule has 0 saturated heterocycles. The molecule has 1 rings (SSSR count). The van der Waals surface area contributed by atoms with E-state index < -0.39 is 14.8 Å². The van der Waals surface area contributed by atoms with E-state index in [9.17, 15) is 18.5 Å². The maximum absolute atomic E-state index is 11.1. The summed E-state index contributed by atoms with van der Waals surface area (Å²) in [6, 6.07) is 6.12. The van der Waals surface area contributed by atoms with Gasteiger partial charge in [-0.2, -0.15) is 0 Å². The molecule has 0 aliphatic heterocycles. The van der Waals surface area contributed by atoms with Crippen LogP contribution in [0.4, 0.5) is 0 Å². The number of nitrogens with zero attached hydrogens (tertiary/aromatic N) is 1. The van der Waals surface area contributed by atoms with Gasteiger partial charge in [0.2, 0.25) is 6.54 Å². The Balaban J connectivity index is 2.77. The highest BCUT2D eigenvalue weighted by molar-refractivity contribution is 7.90. The molecule has 6 heteroatoms. The molecule has 0 heterocycles. The summed E-state index contributed by atoms with van der Waals surface area (Å²) in [6.07, 6.45) is 1.44. The summed E-state index contributed by atoms with van der Waals surface area (Å²) in [5.41, 5.74) is 0.763. The van der Waals surface area contributed by atoms with E-state index >= 15 is 0 Å². The van der Waals surface area contributed by atoms with Crippen molar-refractivity contribution in [2.75, 3.05) is 12.8 Å². The highest BCUT2D eigenvalue weighted by Gasteiger charge is 2.06. The number of hydrogen-bond donors (Lipinski definition) is 0. The Morgan fingerprint density at radius 2 is 1.80 bits per heavy atom. The van der Waals surface area contributed by atoms with Crippen LogP contribution < -0.4 is 0 Å². The topological polar surface area (TPSA) is 77.3 Å². The van der Waals surface area contributed by atoms with E-state index in [0.29, 0.717) is 6.42 Å². The fourth-order valence-corrected chi connectivity index (χ4v) is 1.75. The zero-order chi connectivity index (χ0) is 11.5. The lowest BCUT2D eigenvalue weighted by Crippen LogP contribution is -2.04. The van der Waals surface area contributed by atoms with E-state index in [1.165, 1.54) is 12.1 Å². The van der Waals surface area contributed by atoms with Gasteiger partial charge in [0, 0.05) is 17.6 Å². The summed E-state index contributed by atoms with van der Waals surface area (Å²) >= 11 is 0. The average molecular weight is 229 g/mol. The molecule has 0 unspecified atom stereocenters. The van der Waals surface area contributed by atoms with Gasteiger partial charge in [0.25, 0.3) is 0 Å². The highest BCUT2D eigenvalue weighted by atomic mass is 32.2. The predicted molar refractivity (Wildman–Crippen MR) is 55.1 cm³/mol. The van der Waals surface area contributed by atoms with Crippen molar-refractivity contribution in [2.24, 2.45) is 0 Å². The minimum absolute atomic E-state index is 0.141. The van der Waals surface area contributed by atoms with Gasteiger partial charge in [0.15, 0.2) is 9.84 Å². The van der Waals surface area contributed by atoms with Crippen LogP contribution in [0, 0.1) is 10.1 Å². The quantitative estimate of drug-likeness (QED) is 0.568. The van der Waals surface area contributed by atoms with Gasteiger partial charge in [-0.25, -0.2) is 8.42 Å². The second-order valence-corrected chi connectivity index (χ2v) is 5.24. The summed E-state index contributed by atoms with van der Waals surface area (Å²) in [6.45, 7) is -0.141. The average Bonchev–Trinajstić information content (AvgIpc) is 2.14. The lowest BCUT2D eigenvalue weighted by molar-refractivity contribution is -0.479. The molecule has 0 aliphatic carbocycles. The zero-order valence-corrected chi connectivity index (χ0v) is 9.03. The maximum atomic E-state index is 11.1. The Morgan fingerprint density at radius 1 is 1.27 bits per heavy atom. The molecule has 5 nitrogen and oxygen atoms in total. The molecule has 0 radical (unpaired) electrons. The molecule has 1 aromatic carbocycles. The van der Waals surface area contributed by atoms with Crippen molar-refractivity contribution < 1.29 is 13.3 Å². The van der Waals surface area contributed by atoms with Crippen molar-refractivity contribution in [3.63, 3.8) is 0 Å². The van der Waals surface area contributed by atoms with E-state index in [-0.39, 0.29) is 11.4 Å². The molecule has 0 aromatic heterocycles. The monoisotopic (exact) mass is 229 g/mol. The number of nitro groups is 1. The van der Waals surface area contributed by atoms with Gasteiger partial charge in [0.05, 0.1) is 4.90 Å². The van der Waals surface area contributed by atoms with Crippen LogP contribution in [0.25, 0.3) is 0 Å². The molecule has 15 heavy (non-hydrogen) atoms. The van der Waals surface area contributed by atoms with Crippen LogP contribution in [0.1, 0.15) is 5.56 Å². The smallest absolute Gasteiger partial charge is 0.207 e. The van der Waals surface area contributed by atoms with Gasteiger partial charge >= 0.3 is 0 Å². The summed E-state index contributed by atoms with van der Waals surface area (Å²) in [7, 11) is -3.18. The first-order valence-corrected chi connectivity index (χ1v) is 6.19. The molecule has 0 aliphatic rings. The minimum atomic E-state index is -3.18. The molecule has 82 valence electrons. The summed E-state index contributed by atoms with van der Waals surface area (Å²) in [4.78, 5) is 9.94. The van der Waals surface area contributed by atoms with Gasteiger partial charge in [-0.05, 0) is 17.7 Å². The van der Waals surface area contributed by atoms with E-state index in [4.69, 9.17) is 0 Å². The number of rotatable bonds is 4. The molecular weight excluding hydrogens is 218 g/mol. The molecule has 0 N–H and O–H groups in total. The van der Waals surface area contributed by atoms with E-state index in [1.807, 2.05) is 0 Å². The van der Waals surface area contributed by atoms with Crippen molar-refractivity contribution >= 4 is 9.84 Å². The highest BCUT2D eigenvalue weighted by Crippen LogP contribution is 2.10. The normalized spacial score (nSPS) is 11.3. The van der Waals surface area contributed by atoms with E-state index in [1.54, 1.807) is 12.1 Å². The number of benzene rings is 1. The van der Waals surface area contributed by atoms with Crippen LogP contribution in [0.3, 0.4) is 0 Å². The lowest BCUT2D eigenvalue weighted by atomic mass is 10.2. The standard InChI is InChI=1S/C9H11NO4S/c1-15(13,14)9-4-2-8(3-5-9)6-7-10(11)12/h2-5H,6-7H2,1H3. The molecule has 1 aromatic rings. The fourth-order valence-electron chi connectivity index (χ4n) is 1.12. The molecular formula is C9H11NO4S. The number of sulfone groups is 1. The third-order valence-electron chi connectivity index (χ3n) is 1.93. The van der Waals surface area contributed by atoms with E-state index in [0.717, 1.165) is 11.8 Å². The fraction of sp³-hybridized carbons (Fsp3) is 0.333. The zero-order valence-electron chi connectivity index (χ0n) is 8.21. The Morgan fingerprint density at radius 3 is 2.20 bits per heavy atom. The molecule has 0 amide bonds. The molecule has 0 fully saturated rings. The molecule has 0 spiro atoms. The van der Waals surface area contributed by atoms with Gasteiger partial charge in [0.1, 0.15) is 0 Å². The van der Waals surface area contributed by atoms with Gasteiger partial charge in [-0.15, -0.1) is 0 Å². The SMILES string of the molecule is CS(=O)(=O)c1ccc(CC[N+](=O)[O-])cc1. The Hall–Kier alpha value is -1.43. The van der Waals surface area contributed by atoms with Crippen LogP contribution in [0.2, 0.25) is 0 Å². The molecule has 0 saturated carbocycles. The Kier molecular flexibility index (Phi) is 3.41. The summed E-state index contributed by atoms with van der Waals surface area (Å²) < 4.78 is 22.2.